The minimum absolute atomic E-state index is 0.159. The maximum absolute atomic E-state index is 11.1. The molecule has 2 atom stereocenters. The first-order valence-electron chi connectivity index (χ1n) is 6.36. The van der Waals surface area contributed by atoms with E-state index in [9.17, 15) is 4.79 Å². The Morgan fingerprint density at radius 1 is 1.50 bits per heavy atom. The van der Waals surface area contributed by atoms with Crippen LogP contribution in [0.3, 0.4) is 0 Å². The molecular formula is C14H20N2O2. The van der Waals surface area contributed by atoms with Gasteiger partial charge in [0.15, 0.2) is 0 Å². The zero-order valence-electron chi connectivity index (χ0n) is 10.9. The van der Waals surface area contributed by atoms with E-state index >= 15 is 0 Å². The predicted molar refractivity (Wildman–Crippen MR) is 70.6 cm³/mol. The molecule has 1 aliphatic rings. The van der Waals surface area contributed by atoms with Crippen molar-refractivity contribution in [3.05, 3.63) is 29.8 Å². The fourth-order valence-corrected chi connectivity index (χ4v) is 2.28. The Hall–Kier alpha value is -1.55. The largest absolute Gasteiger partial charge is 0.496 e. The molecule has 2 N–H and O–H groups in total. The first-order valence-corrected chi connectivity index (χ1v) is 6.36. The van der Waals surface area contributed by atoms with Gasteiger partial charge in [0.1, 0.15) is 5.75 Å². The Morgan fingerprint density at radius 2 is 2.28 bits per heavy atom. The van der Waals surface area contributed by atoms with E-state index in [0.717, 1.165) is 24.3 Å². The number of carbonyl (C=O) groups excluding carboxylic acids is 1. The fraction of sp³-hybridized carbons (Fsp3) is 0.500. The van der Waals surface area contributed by atoms with Crippen molar-refractivity contribution in [2.24, 2.45) is 0 Å². The molecular weight excluding hydrogens is 228 g/mol. The third-order valence-electron chi connectivity index (χ3n) is 3.36. The maximum Gasteiger partial charge on any atom is 0.220 e. The molecule has 2 rings (SSSR count). The second kappa shape index (κ2) is 5.87. The van der Waals surface area contributed by atoms with E-state index in [1.165, 1.54) is 0 Å². The lowest BCUT2D eigenvalue weighted by atomic mass is 10.1. The number of carbonyl (C=O) groups is 1. The minimum Gasteiger partial charge on any atom is -0.496 e. The minimum atomic E-state index is 0.159. The zero-order chi connectivity index (χ0) is 13.0. The maximum atomic E-state index is 11.1. The van der Waals surface area contributed by atoms with Crippen molar-refractivity contribution in [1.82, 2.24) is 10.6 Å². The molecule has 1 heterocycles. The lowest BCUT2D eigenvalue weighted by Gasteiger charge is -2.19. The number of methoxy groups -OCH3 is 1. The summed E-state index contributed by atoms with van der Waals surface area (Å²) < 4.78 is 5.35. The summed E-state index contributed by atoms with van der Waals surface area (Å²) in [6.45, 7) is 2.90. The lowest BCUT2D eigenvalue weighted by molar-refractivity contribution is -0.119. The van der Waals surface area contributed by atoms with Gasteiger partial charge in [-0.15, -0.1) is 0 Å². The summed E-state index contributed by atoms with van der Waals surface area (Å²) in [6.07, 6.45) is 1.57. The van der Waals surface area contributed by atoms with Crippen LogP contribution in [0.4, 0.5) is 0 Å². The third kappa shape index (κ3) is 3.01. The summed E-state index contributed by atoms with van der Waals surface area (Å²) in [5, 5.41) is 6.40. The number of nitrogens with one attached hydrogen (secondary N) is 2. The summed E-state index contributed by atoms with van der Waals surface area (Å²) in [5.41, 5.74) is 1.14. The van der Waals surface area contributed by atoms with Crippen molar-refractivity contribution in [3.63, 3.8) is 0 Å². The van der Waals surface area contributed by atoms with Gasteiger partial charge in [0.25, 0.3) is 0 Å². The molecule has 0 saturated carbocycles. The number of amides is 1. The second-order valence-electron chi connectivity index (χ2n) is 4.67. The van der Waals surface area contributed by atoms with Gasteiger partial charge in [-0.2, -0.15) is 0 Å². The Balaban J connectivity index is 1.91. The number of para-hydroxylation sites is 1. The van der Waals surface area contributed by atoms with Crippen LogP contribution in [0, 0.1) is 0 Å². The van der Waals surface area contributed by atoms with Gasteiger partial charge in [-0.3, -0.25) is 4.79 Å². The second-order valence-corrected chi connectivity index (χ2v) is 4.67. The molecule has 0 aromatic heterocycles. The third-order valence-corrected chi connectivity index (χ3v) is 3.36. The van der Waals surface area contributed by atoms with E-state index in [-0.39, 0.29) is 18.0 Å². The van der Waals surface area contributed by atoms with Gasteiger partial charge in [0.2, 0.25) is 5.91 Å². The molecule has 1 saturated heterocycles. The molecule has 1 aromatic rings. The molecule has 1 amide bonds. The summed E-state index contributed by atoms with van der Waals surface area (Å²) in [4.78, 5) is 11.1. The van der Waals surface area contributed by atoms with E-state index in [1.54, 1.807) is 7.11 Å². The van der Waals surface area contributed by atoms with Gasteiger partial charge in [0.05, 0.1) is 7.11 Å². The summed E-state index contributed by atoms with van der Waals surface area (Å²) in [5.74, 6) is 1.06. The molecule has 1 unspecified atom stereocenters. The van der Waals surface area contributed by atoms with Crippen LogP contribution in [0.2, 0.25) is 0 Å². The Kier molecular flexibility index (Phi) is 4.20. The number of benzene rings is 1. The van der Waals surface area contributed by atoms with Gasteiger partial charge in [-0.1, -0.05) is 18.2 Å². The molecule has 18 heavy (non-hydrogen) atoms. The van der Waals surface area contributed by atoms with Gasteiger partial charge in [-0.25, -0.2) is 0 Å². The van der Waals surface area contributed by atoms with Crippen LogP contribution in [-0.4, -0.2) is 25.6 Å². The molecule has 4 nitrogen and oxygen atoms in total. The number of hydrogen-bond donors (Lipinski definition) is 2. The van der Waals surface area contributed by atoms with E-state index in [0.29, 0.717) is 6.42 Å². The molecule has 0 radical (unpaired) electrons. The predicted octanol–water partition coefficient (Wildman–Crippen LogP) is 1.62. The quantitative estimate of drug-likeness (QED) is 0.832. The van der Waals surface area contributed by atoms with Crippen LogP contribution in [0.25, 0.3) is 0 Å². The average molecular weight is 248 g/mol. The first kappa shape index (κ1) is 12.9. The average Bonchev–Trinajstić information content (AvgIpc) is 2.81. The van der Waals surface area contributed by atoms with Gasteiger partial charge < -0.3 is 15.4 Å². The van der Waals surface area contributed by atoms with Gasteiger partial charge >= 0.3 is 0 Å². The number of hydrogen-bond acceptors (Lipinski definition) is 3. The Labute approximate surface area is 108 Å². The lowest BCUT2D eigenvalue weighted by Crippen LogP contribution is -2.36. The van der Waals surface area contributed by atoms with Crippen molar-refractivity contribution in [2.45, 2.75) is 31.8 Å². The SMILES string of the molecule is COc1ccccc1[C@H](C)NCC1CCC(=O)N1. The monoisotopic (exact) mass is 248 g/mol. The van der Waals surface area contributed by atoms with E-state index < -0.39 is 0 Å². The Bertz CT molecular complexity index is 420. The smallest absolute Gasteiger partial charge is 0.220 e. The molecule has 4 heteroatoms. The molecule has 1 fully saturated rings. The van der Waals surface area contributed by atoms with Gasteiger partial charge in [-0.05, 0) is 19.4 Å². The highest BCUT2D eigenvalue weighted by atomic mass is 16.5. The normalized spacial score (nSPS) is 20.6. The first-order chi connectivity index (χ1) is 8.70. The van der Waals surface area contributed by atoms with E-state index in [1.807, 2.05) is 18.2 Å². The fourth-order valence-electron chi connectivity index (χ4n) is 2.28. The highest BCUT2D eigenvalue weighted by Crippen LogP contribution is 2.24. The number of rotatable bonds is 5. The molecule has 0 bridgehead atoms. The van der Waals surface area contributed by atoms with Crippen molar-refractivity contribution >= 4 is 5.91 Å². The van der Waals surface area contributed by atoms with Crippen LogP contribution in [0.5, 0.6) is 5.75 Å². The van der Waals surface area contributed by atoms with Crippen molar-refractivity contribution in [3.8, 4) is 5.75 Å². The number of ether oxygens (including phenoxy) is 1. The highest BCUT2D eigenvalue weighted by Gasteiger charge is 2.21. The zero-order valence-corrected chi connectivity index (χ0v) is 10.9. The molecule has 0 aliphatic carbocycles. The van der Waals surface area contributed by atoms with E-state index in [2.05, 4.69) is 23.6 Å². The summed E-state index contributed by atoms with van der Waals surface area (Å²) >= 11 is 0. The highest BCUT2D eigenvalue weighted by molar-refractivity contribution is 5.78. The molecule has 98 valence electrons. The molecule has 0 spiro atoms. The topological polar surface area (TPSA) is 50.4 Å². The standard InChI is InChI=1S/C14H20N2O2/c1-10(12-5-3-4-6-13(12)18-2)15-9-11-7-8-14(17)16-11/h3-6,10-11,15H,7-9H2,1-2H3,(H,16,17)/t10-,11?/m0/s1. The van der Waals surface area contributed by atoms with Crippen molar-refractivity contribution in [2.75, 3.05) is 13.7 Å². The van der Waals surface area contributed by atoms with Crippen LogP contribution >= 0.6 is 0 Å². The van der Waals surface area contributed by atoms with Crippen LogP contribution in [-0.2, 0) is 4.79 Å². The van der Waals surface area contributed by atoms with Gasteiger partial charge in [0, 0.05) is 30.6 Å². The van der Waals surface area contributed by atoms with Crippen LogP contribution in [0.15, 0.2) is 24.3 Å². The summed E-state index contributed by atoms with van der Waals surface area (Å²) in [7, 11) is 1.68. The van der Waals surface area contributed by atoms with E-state index in [4.69, 9.17) is 4.74 Å². The molecule has 1 aliphatic heterocycles. The molecule has 1 aromatic carbocycles. The Morgan fingerprint density at radius 3 is 2.94 bits per heavy atom. The summed E-state index contributed by atoms with van der Waals surface area (Å²) in [6, 6.07) is 8.46. The van der Waals surface area contributed by atoms with Crippen molar-refractivity contribution < 1.29 is 9.53 Å². The van der Waals surface area contributed by atoms with Crippen LogP contribution < -0.4 is 15.4 Å². The van der Waals surface area contributed by atoms with Crippen molar-refractivity contribution in [1.29, 1.82) is 0 Å². The van der Waals surface area contributed by atoms with Crippen LogP contribution in [0.1, 0.15) is 31.4 Å².